The van der Waals surface area contributed by atoms with Crippen LogP contribution in [-0.2, 0) is 30.4 Å². The van der Waals surface area contributed by atoms with Crippen LogP contribution in [0.5, 0.6) is 5.75 Å². The number of fused-ring (bicyclic) bond motifs is 1. The molecule has 0 aromatic heterocycles. The lowest BCUT2D eigenvalue weighted by Crippen LogP contribution is -2.11. The molecule has 0 atom stereocenters. The first-order chi connectivity index (χ1) is 13.7. The predicted molar refractivity (Wildman–Crippen MR) is 107 cm³/mol. The van der Waals surface area contributed by atoms with Gasteiger partial charge >= 0.3 is 10.1 Å². The van der Waals surface area contributed by atoms with Gasteiger partial charge < -0.3 is 9.92 Å². The van der Waals surface area contributed by atoms with Crippen LogP contribution in [0.25, 0.3) is 10.8 Å². The topological polar surface area (TPSA) is 178 Å². The van der Waals surface area contributed by atoms with Crippen molar-refractivity contribution in [1.82, 2.24) is 0 Å². The summed E-state index contributed by atoms with van der Waals surface area (Å²) in [7, 11) is -14.0. The average Bonchev–Trinajstić information content (AvgIpc) is 2.61. The van der Waals surface area contributed by atoms with E-state index in [1.807, 2.05) is 0 Å². The van der Waals surface area contributed by atoms with Gasteiger partial charge in [0.15, 0.2) is 5.75 Å². The van der Waals surface area contributed by atoms with E-state index in [9.17, 15) is 34.4 Å². The Labute approximate surface area is 176 Å². The summed E-state index contributed by atoms with van der Waals surface area (Å²) in [5.74, 6) is -0.368. The maximum Gasteiger partial charge on any atom is 0.339 e. The third-order valence-electron chi connectivity index (χ3n) is 3.94. The summed E-state index contributed by atoms with van der Waals surface area (Å²) in [4.78, 5) is -1.74. The zero-order chi connectivity index (χ0) is 22.5. The zero-order valence-corrected chi connectivity index (χ0v) is 17.8. The van der Waals surface area contributed by atoms with Gasteiger partial charge in [0.05, 0.1) is 15.6 Å². The van der Waals surface area contributed by atoms with Gasteiger partial charge in [0.2, 0.25) is 0 Å². The lowest BCUT2D eigenvalue weighted by atomic mass is 10.1. The SMILES string of the molecule is Nc1ccc(S(=O)(=O)Oc2ccc(S(=O)(=O)O)c3cc(S(=O)(=O)O)ccc23)cc1Cl. The van der Waals surface area contributed by atoms with Crippen LogP contribution >= 0.6 is 11.6 Å². The Hall–Kier alpha value is -2.42. The summed E-state index contributed by atoms with van der Waals surface area (Å²) < 4.78 is 95.0. The standard InChI is InChI=1S/C16H12ClNO9S3/c17-13-8-10(2-4-14(13)18)30(25,26)27-15-5-6-16(29(22,23)24)12-7-9(28(19,20)21)1-3-11(12)15/h1-8H,18H2,(H,19,20,21)(H,22,23,24). The number of benzene rings is 3. The van der Waals surface area contributed by atoms with E-state index < -0.39 is 45.5 Å². The fraction of sp³-hybridized carbons (Fsp3) is 0. The first-order valence-electron chi connectivity index (χ1n) is 7.71. The van der Waals surface area contributed by atoms with Crippen LogP contribution in [0, 0.1) is 0 Å². The van der Waals surface area contributed by atoms with E-state index in [0.717, 1.165) is 42.5 Å². The van der Waals surface area contributed by atoms with Crippen molar-refractivity contribution in [2.75, 3.05) is 5.73 Å². The van der Waals surface area contributed by atoms with Gasteiger partial charge in [-0.1, -0.05) is 11.6 Å². The number of hydrogen-bond donors (Lipinski definition) is 3. The van der Waals surface area contributed by atoms with Crippen LogP contribution in [0.1, 0.15) is 0 Å². The third kappa shape index (κ3) is 4.35. The van der Waals surface area contributed by atoms with Gasteiger partial charge in [0.25, 0.3) is 20.2 Å². The second-order valence-corrected chi connectivity index (χ2v) is 10.7. The van der Waals surface area contributed by atoms with Crippen molar-refractivity contribution >= 4 is 58.4 Å². The van der Waals surface area contributed by atoms with Crippen molar-refractivity contribution in [3.05, 3.63) is 53.6 Å². The first-order valence-corrected chi connectivity index (χ1v) is 12.4. The maximum atomic E-state index is 12.6. The molecule has 0 radical (unpaired) electrons. The molecule has 3 aromatic rings. The minimum absolute atomic E-state index is 0.0379. The molecule has 0 unspecified atom stereocenters. The van der Waals surface area contributed by atoms with E-state index in [-0.39, 0.29) is 26.7 Å². The quantitative estimate of drug-likeness (QED) is 0.271. The molecule has 0 spiro atoms. The van der Waals surface area contributed by atoms with Crippen molar-refractivity contribution in [2.24, 2.45) is 0 Å². The van der Waals surface area contributed by atoms with Crippen LogP contribution in [0.4, 0.5) is 5.69 Å². The molecule has 0 saturated carbocycles. The number of nitrogens with two attached hydrogens (primary N) is 1. The van der Waals surface area contributed by atoms with Gasteiger partial charge in [-0.05, 0) is 48.5 Å². The van der Waals surface area contributed by atoms with Crippen molar-refractivity contribution in [1.29, 1.82) is 0 Å². The first kappa shape index (κ1) is 22.3. The van der Waals surface area contributed by atoms with E-state index >= 15 is 0 Å². The van der Waals surface area contributed by atoms with Crippen molar-refractivity contribution in [3.63, 3.8) is 0 Å². The summed E-state index contributed by atoms with van der Waals surface area (Å²) in [5, 5.41) is -0.595. The molecule has 0 heterocycles. The Kier molecular flexibility index (Phi) is 5.47. The highest BCUT2D eigenvalue weighted by atomic mass is 35.5. The molecule has 0 aliphatic rings. The molecular formula is C16H12ClNO9S3. The van der Waals surface area contributed by atoms with Gasteiger partial charge in [0, 0.05) is 10.8 Å². The number of rotatable bonds is 5. The second-order valence-electron chi connectivity index (χ2n) is 5.94. The Balaban J connectivity index is 2.23. The lowest BCUT2D eigenvalue weighted by molar-refractivity contribution is 0.479. The lowest BCUT2D eigenvalue weighted by Gasteiger charge is -2.13. The van der Waals surface area contributed by atoms with Crippen LogP contribution in [-0.4, -0.2) is 34.4 Å². The molecule has 0 saturated heterocycles. The summed E-state index contributed by atoms with van der Waals surface area (Å²) in [6, 6.07) is 7.92. The largest absolute Gasteiger partial charge is 0.398 e. The molecule has 14 heteroatoms. The number of hydrogen-bond acceptors (Lipinski definition) is 8. The minimum atomic E-state index is -4.83. The Morgan fingerprint density at radius 2 is 1.40 bits per heavy atom. The van der Waals surface area contributed by atoms with Crippen LogP contribution < -0.4 is 9.92 Å². The molecule has 0 aliphatic carbocycles. The highest BCUT2D eigenvalue weighted by molar-refractivity contribution is 7.87. The predicted octanol–water partition coefficient (Wildman–Crippen LogP) is 2.34. The fourth-order valence-corrected chi connectivity index (χ4v) is 4.97. The molecule has 0 amide bonds. The number of halogens is 1. The average molecular weight is 494 g/mol. The smallest absolute Gasteiger partial charge is 0.339 e. The van der Waals surface area contributed by atoms with Crippen molar-refractivity contribution < 1.29 is 38.5 Å². The molecule has 0 bridgehead atoms. The molecule has 0 aliphatic heterocycles. The van der Waals surface area contributed by atoms with Crippen molar-refractivity contribution in [2.45, 2.75) is 14.7 Å². The van der Waals surface area contributed by atoms with Gasteiger partial charge in [-0.15, -0.1) is 0 Å². The van der Waals surface area contributed by atoms with Gasteiger partial charge in [-0.2, -0.15) is 25.3 Å². The highest BCUT2D eigenvalue weighted by Crippen LogP contribution is 2.35. The van der Waals surface area contributed by atoms with E-state index in [0.29, 0.717) is 0 Å². The molecule has 0 fully saturated rings. The van der Waals surface area contributed by atoms with E-state index in [4.69, 9.17) is 21.5 Å². The van der Waals surface area contributed by atoms with Crippen LogP contribution in [0.2, 0.25) is 5.02 Å². The summed E-state index contributed by atoms with van der Waals surface area (Å²) in [5.41, 5.74) is 5.68. The molecule has 4 N–H and O–H groups in total. The Morgan fingerprint density at radius 3 is 1.97 bits per heavy atom. The van der Waals surface area contributed by atoms with Gasteiger partial charge in [-0.25, -0.2) is 0 Å². The summed E-state index contributed by atoms with van der Waals surface area (Å²) in [6.07, 6.45) is 0. The minimum Gasteiger partial charge on any atom is -0.398 e. The van der Waals surface area contributed by atoms with E-state index in [1.54, 1.807) is 0 Å². The normalized spacial score (nSPS) is 12.8. The van der Waals surface area contributed by atoms with Crippen LogP contribution in [0.15, 0.2) is 63.2 Å². The van der Waals surface area contributed by atoms with Gasteiger partial charge in [-0.3, -0.25) is 9.11 Å². The molecule has 10 nitrogen and oxygen atoms in total. The second kappa shape index (κ2) is 7.37. The number of nitrogen functional groups attached to an aromatic ring is 1. The summed E-state index contributed by atoms with van der Waals surface area (Å²) >= 11 is 5.83. The van der Waals surface area contributed by atoms with Crippen LogP contribution in [0.3, 0.4) is 0 Å². The number of anilines is 1. The van der Waals surface area contributed by atoms with Gasteiger partial charge in [0.1, 0.15) is 9.79 Å². The molecular weight excluding hydrogens is 482 g/mol. The molecule has 3 aromatic carbocycles. The van der Waals surface area contributed by atoms with Crippen molar-refractivity contribution in [3.8, 4) is 5.75 Å². The molecule has 160 valence electrons. The van der Waals surface area contributed by atoms with E-state index in [2.05, 4.69) is 0 Å². The summed E-state index contributed by atoms with van der Waals surface area (Å²) in [6.45, 7) is 0. The zero-order valence-electron chi connectivity index (χ0n) is 14.6. The highest BCUT2D eigenvalue weighted by Gasteiger charge is 2.23. The molecule has 3 rings (SSSR count). The Bertz CT molecular complexity index is 1500. The fourth-order valence-electron chi connectivity index (χ4n) is 2.56. The third-order valence-corrected chi connectivity index (χ3v) is 7.26. The Morgan fingerprint density at radius 1 is 0.767 bits per heavy atom. The van der Waals surface area contributed by atoms with E-state index in [1.165, 1.54) is 6.07 Å². The molecule has 30 heavy (non-hydrogen) atoms. The maximum absolute atomic E-state index is 12.6. The monoisotopic (exact) mass is 493 g/mol.